The van der Waals surface area contributed by atoms with E-state index in [0.29, 0.717) is 12.6 Å². The molecule has 0 amide bonds. The first-order valence-corrected chi connectivity index (χ1v) is 9.53. The minimum atomic E-state index is -0.103. The number of aryl methyl sites for hydroxylation is 1. The number of nitrogens with one attached hydrogen (secondary N) is 2. The third-order valence-electron chi connectivity index (χ3n) is 3.79. The standard InChI is InChI=1S/C22H25ClN4O/c1-15-13-20(26-21(24-15)27-22(2,3)4)25-18-9-11-19(12-10-18)28-14-16-5-7-17(23)8-6-16/h5-13H,14H2,1-4H3,(H2,24,25,26,27). The summed E-state index contributed by atoms with van der Waals surface area (Å²) in [6, 6.07) is 17.3. The molecule has 0 fully saturated rings. The van der Waals surface area contributed by atoms with Crippen LogP contribution in [0, 0.1) is 6.92 Å². The van der Waals surface area contributed by atoms with Crippen molar-refractivity contribution in [2.24, 2.45) is 0 Å². The summed E-state index contributed by atoms with van der Waals surface area (Å²) in [4.78, 5) is 8.99. The topological polar surface area (TPSA) is 59.1 Å². The van der Waals surface area contributed by atoms with Gasteiger partial charge in [0, 0.05) is 28.0 Å². The molecule has 1 heterocycles. The maximum Gasteiger partial charge on any atom is 0.225 e. The third-order valence-corrected chi connectivity index (χ3v) is 4.04. The number of aromatic nitrogens is 2. The van der Waals surface area contributed by atoms with Gasteiger partial charge < -0.3 is 15.4 Å². The van der Waals surface area contributed by atoms with Crippen LogP contribution >= 0.6 is 11.6 Å². The van der Waals surface area contributed by atoms with Gasteiger partial charge in [0.2, 0.25) is 5.95 Å². The highest BCUT2D eigenvalue weighted by molar-refractivity contribution is 6.30. The first-order valence-electron chi connectivity index (χ1n) is 9.15. The van der Waals surface area contributed by atoms with Crippen molar-refractivity contribution in [2.75, 3.05) is 10.6 Å². The Morgan fingerprint density at radius 3 is 2.29 bits per heavy atom. The van der Waals surface area contributed by atoms with Gasteiger partial charge in [-0.15, -0.1) is 0 Å². The van der Waals surface area contributed by atoms with Gasteiger partial charge in [0.15, 0.2) is 0 Å². The molecule has 0 atom stereocenters. The Hall–Kier alpha value is -2.79. The molecular formula is C22H25ClN4O. The second-order valence-electron chi connectivity index (χ2n) is 7.66. The van der Waals surface area contributed by atoms with Crippen LogP contribution in [-0.4, -0.2) is 15.5 Å². The highest BCUT2D eigenvalue weighted by Crippen LogP contribution is 2.22. The van der Waals surface area contributed by atoms with E-state index in [0.717, 1.165) is 33.5 Å². The Kier molecular flexibility index (Phi) is 6.05. The monoisotopic (exact) mass is 396 g/mol. The molecule has 0 saturated carbocycles. The molecule has 0 radical (unpaired) electrons. The maximum absolute atomic E-state index is 5.90. The number of ether oxygens (including phenoxy) is 1. The summed E-state index contributed by atoms with van der Waals surface area (Å²) in [5, 5.41) is 7.34. The predicted octanol–water partition coefficient (Wildman–Crippen LogP) is 5.97. The number of anilines is 3. The number of benzene rings is 2. The van der Waals surface area contributed by atoms with E-state index >= 15 is 0 Å². The van der Waals surface area contributed by atoms with Crippen LogP contribution in [0.4, 0.5) is 17.5 Å². The molecule has 0 saturated heterocycles. The average Bonchev–Trinajstić information content (AvgIpc) is 2.60. The van der Waals surface area contributed by atoms with E-state index in [1.165, 1.54) is 0 Å². The lowest BCUT2D eigenvalue weighted by Crippen LogP contribution is -2.27. The molecular weight excluding hydrogens is 372 g/mol. The smallest absolute Gasteiger partial charge is 0.225 e. The maximum atomic E-state index is 5.90. The third kappa shape index (κ3) is 6.13. The van der Waals surface area contributed by atoms with Crippen LogP contribution < -0.4 is 15.4 Å². The fraction of sp³-hybridized carbons (Fsp3) is 0.273. The fourth-order valence-corrected chi connectivity index (χ4v) is 2.68. The van der Waals surface area contributed by atoms with E-state index in [1.54, 1.807) is 0 Å². The van der Waals surface area contributed by atoms with Gasteiger partial charge in [-0.2, -0.15) is 4.98 Å². The van der Waals surface area contributed by atoms with Gasteiger partial charge in [-0.3, -0.25) is 0 Å². The minimum Gasteiger partial charge on any atom is -0.489 e. The van der Waals surface area contributed by atoms with E-state index in [4.69, 9.17) is 16.3 Å². The summed E-state index contributed by atoms with van der Waals surface area (Å²) in [6.45, 7) is 8.68. The summed E-state index contributed by atoms with van der Waals surface area (Å²) in [5.41, 5.74) is 2.79. The van der Waals surface area contributed by atoms with Crippen molar-refractivity contribution >= 4 is 29.1 Å². The summed E-state index contributed by atoms with van der Waals surface area (Å²) in [5.74, 6) is 2.15. The molecule has 5 nitrogen and oxygen atoms in total. The Labute approximate surface area is 171 Å². The van der Waals surface area contributed by atoms with Gasteiger partial charge in [-0.05, 0) is 69.7 Å². The zero-order valence-electron chi connectivity index (χ0n) is 16.6. The van der Waals surface area contributed by atoms with Crippen LogP contribution in [0.15, 0.2) is 54.6 Å². The lowest BCUT2D eigenvalue weighted by molar-refractivity contribution is 0.306. The summed E-state index contributed by atoms with van der Waals surface area (Å²) in [6.07, 6.45) is 0. The van der Waals surface area contributed by atoms with Crippen molar-refractivity contribution in [1.82, 2.24) is 9.97 Å². The number of halogens is 1. The molecule has 1 aromatic heterocycles. The highest BCUT2D eigenvalue weighted by Gasteiger charge is 2.12. The van der Waals surface area contributed by atoms with E-state index in [9.17, 15) is 0 Å². The summed E-state index contributed by atoms with van der Waals surface area (Å²) < 4.78 is 5.82. The molecule has 2 N–H and O–H groups in total. The van der Waals surface area contributed by atoms with Crippen molar-refractivity contribution in [1.29, 1.82) is 0 Å². The lowest BCUT2D eigenvalue weighted by Gasteiger charge is -2.21. The minimum absolute atomic E-state index is 0.103. The molecule has 0 unspecified atom stereocenters. The first-order chi connectivity index (χ1) is 13.3. The van der Waals surface area contributed by atoms with Gasteiger partial charge in [0.25, 0.3) is 0 Å². The second kappa shape index (κ2) is 8.48. The van der Waals surface area contributed by atoms with Gasteiger partial charge >= 0.3 is 0 Å². The molecule has 3 aromatic rings. The largest absolute Gasteiger partial charge is 0.489 e. The molecule has 146 valence electrons. The highest BCUT2D eigenvalue weighted by atomic mass is 35.5. The SMILES string of the molecule is Cc1cc(Nc2ccc(OCc3ccc(Cl)cc3)cc2)nc(NC(C)(C)C)n1. The number of rotatable bonds is 6. The molecule has 28 heavy (non-hydrogen) atoms. The van der Waals surface area contributed by atoms with Crippen LogP contribution in [0.25, 0.3) is 0 Å². The summed E-state index contributed by atoms with van der Waals surface area (Å²) in [7, 11) is 0. The van der Waals surface area contributed by atoms with E-state index in [-0.39, 0.29) is 5.54 Å². The summed E-state index contributed by atoms with van der Waals surface area (Å²) >= 11 is 5.90. The molecule has 2 aromatic carbocycles. The van der Waals surface area contributed by atoms with Gasteiger partial charge in [-0.1, -0.05) is 23.7 Å². The normalized spacial score (nSPS) is 11.2. The molecule has 0 aliphatic rings. The zero-order chi connectivity index (χ0) is 20.1. The zero-order valence-corrected chi connectivity index (χ0v) is 17.3. The van der Waals surface area contributed by atoms with Crippen molar-refractivity contribution in [3.8, 4) is 5.75 Å². The van der Waals surface area contributed by atoms with Crippen molar-refractivity contribution in [3.63, 3.8) is 0 Å². The predicted molar refractivity (Wildman–Crippen MR) is 116 cm³/mol. The van der Waals surface area contributed by atoms with Crippen LogP contribution in [0.3, 0.4) is 0 Å². The Balaban J connectivity index is 1.63. The number of hydrogen-bond donors (Lipinski definition) is 2. The molecule has 6 heteroatoms. The lowest BCUT2D eigenvalue weighted by atomic mass is 10.1. The second-order valence-corrected chi connectivity index (χ2v) is 8.09. The van der Waals surface area contributed by atoms with Gasteiger partial charge in [0.1, 0.15) is 18.2 Å². The van der Waals surface area contributed by atoms with Crippen LogP contribution in [0.1, 0.15) is 32.0 Å². The first kappa shape index (κ1) is 20.0. The van der Waals surface area contributed by atoms with Crippen LogP contribution in [0.2, 0.25) is 5.02 Å². The van der Waals surface area contributed by atoms with E-state index < -0.39 is 0 Å². The van der Waals surface area contributed by atoms with Gasteiger partial charge in [-0.25, -0.2) is 4.98 Å². The fourth-order valence-electron chi connectivity index (χ4n) is 2.55. The van der Waals surface area contributed by atoms with E-state index in [2.05, 4.69) is 41.4 Å². The number of nitrogens with zero attached hydrogens (tertiary/aromatic N) is 2. The molecule has 0 aliphatic heterocycles. The molecule has 0 aliphatic carbocycles. The average molecular weight is 397 g/mol. The number of hydrogen-bond acceptors (Lipinski definition) is 5. The molecule has 3 rings (SSSR count). The Morgan fingerprint density at radius 1 is 0.964 bits per heavy atom. The van der Waals surface area contributed by atoms with Crippen molar-refractivity contribution < 1.29 is 4.74 Å². The molecule has 0 spiro atoms. The van der Waals surface area contributed by atoms with E-state index in [1.807, 2.05) is 61.5 Å². The van der Waals surface area contributed by atoms with Crippen LogP contribution in [-0.2, 0) is 6.61 Å². The quantitative estimate of drug-likeness (QED) is 0.537. The Morgan fingerprint density at radius 2 is 1.64 bits per heavy atom. The molecule has 0 bridgehead atoms. The van der Waals surface area contributed by atoms with Crippen molar-refractivity contribution in [3.05, 3.63) is 70.9 Å². The Bertz CT molecular complexity index is 919. The van der Waals surface area contributed by atoms with Crippen molar-refractivity contribution in [2.45, 2.75) is 39.8 Å². The van der Waals surface area contributed by atoms with Crippen LogP contribution in [0.5, 0.6) is 5.75 Å². The van der Waals surface area contributed by atoms with Gasteiger partial charge in [0.05, 0.1) is 0 Å².